The molecule has 0 saturated carbocycles. The van der Waals surface area contributed by atoms with Gasteiger partial charge < -0.3 is 14.8 Å². The van der Waals surface area contributed by atoms with E-state index in [9.17, 15) is 9.18 Å². The van der Waals surface area contributed by atoms with Gasteiger partial charge in [0.15, 0.2) is 11.5 Å². The van der Waals surface area contributed by atoms with Crippen molar-refractivity contribution in [2.75, 3.05) is 19.0 Å². The molecular weight excluding hydrogens is 275 g/mol. The van der Waals surface area contributed by atoms with E-state index in [4.69, 9.17) is 9.47 Å². The molecule has 1 aromatic heterocycles. The van der Waals surface area contributed by atoms with Gasteiger partial charge in [-0.1, -0.05) is 0 Å². The highest BCUT2D eigenvalue weighted by Gasteiger charge is 2.13. The van der Waals surface area contributed by atoms with Gasteiger partial charge in [0.25, 0.3) is 5.91 Å². The monoisotopic (exact) mass is 290 g/mol. The minimum Gasteiger partial charge on any atom is -0.493 e. The lowest BCUT2D eigenvalue weighted by Gasteiger charge is -2.11. The first-order chi connectivity index (χ1) is 10.2. The maximum Gasteiger partial charge on any atom is 0.260 e. The van der Waals surface area contributed by atoms with Crippen LogP contribution in [0.25, 0.3) is 0 Å². The van der Waals surface area contributed by atoms with Crippen LogP contribution in [0.15, 0.2) is 36.5 Å². The molecule has 0 spiro atoms. The second kappa shape index (κ2) is 6.69. The van der Waals surface area contributed by atoms with E-state index in [1.807, 2.05) is 6.92 Å². The zero-order valence-corrected chi connectivity index (χ0v) is 11.7. The molecule has 2 rings (SSSR count). The van der Waals surface area contributed by atoms with E-state index in [1.54, 1.807) is 18.2 Å². The van der Waals surface area contributed by atoms with E-state index < -0.39 is 11.9 Å². The van der Waals surface area contributed by atoms with Crippen LogP contribution in [0.2, 0.25) is 0 Å². The zero-order chi connectivity index (χ0) is 15.2. The van der Waals surface area contributed by atoms with Gasteiger partial charge in [0, 0.05) is 18.0 Å². The lowest BCUT2D eigenvalue weighted by atomic mass is 10.2. The van der Waals surface area contributed by atoms with Gasteiger partial charge in [-0.25, -0.2) is 4.98 Å². The Bertz CT molecular complexity index is 647. The summed E-state index contributed by atoms with van der Waals surface area (Å²) in [4.78, 5) is 15.4. The fourth-order valence-corrected chi connectivity index (χ4v) is 1.77. The summed E-state index contributed by atoms with van der Waals surface area (Å²) >= 11 is 0. The summed E-state index contributed by atoms with van der Waals surface area (Å²) in [6.45, 7) is 2.36. The van der Waals surface area contributed by atoms with E-state index in [2.05, 4.69) is 10.3 Å². The van der Waals surface area contributed by atoms with Crippen LogP contribution in [0.5, 0.6) is 11.5 Å². The van der Waals surface area contributed by atoms with E-state index >= 15 is 0 Å². The highest BCUT2D eigenvalue weighted by atomic mass is 19.1. The number of amides is 1. The molecule has 0 fully saturated rings. The number of anilines is 1. The van der Waals surface area contributed by atoms with Crippen LogP contribution in [-0.4, -0.2) is 24.6 Å². The molecule has 21 heavy (non-hydrogen) atoms. The number of carbonyl (C=O) groups is 1. The number of hydrogen-bond donors (Lipinski definition) is 1. The van der Waals surface area contributed by atoms with Crippen LogP contribution in [0.1, 0.15) is 17.3 Å². The van der Waals surface area contributed by atoms with Crippen LogP contribution in [0.4, 0.5) is 10.1 Å². The molecule has 0 atom stereocenters. The van der Waals surface area contributed by atoms with Gasteiger partial charge in [0.1, 0.15) is 0 Å². The summed E-state index contributed by atoms with van der Waals surface area (Å²) < 4.78 is 24.0. The lowest BCUT2D eigenvalue weighted by molar-refractivity contribution is 0.102. The summed E-state index contributed by atoms with van der Waals surface area (Å²) in [6, 6.07) is 7.80. The highest BCUT2D eigenvalue weighted by Crippen LogP contribution is 2.30. The van der Waals surface area contributed by atoms with Gasteiger partial charge in [-0.15, -0.1) is 0 Å². The van der Waals surface area contributed by atoms with E-state index in [0.717, 1.165) is 0 Å². The maximum atomic E-state index is 13.4. The Morgan fingerprint density at radius 3 is 2.81 bits per heavy atom. The zero-order valence-electron chi connectivity index (χ0n) is 11.7. The molecule has 0 saturated heterocycles. The summed E-state index contributed by atoms with van der Waals surface area (Å²) in [6.07, 6.45) is 1.28. The van der Waals surface area contributed by atoms with Crippen molar-refractivity contribution in [3.63, 3.8) is 0 Å². The Labute approximate surface area is 121 Å². The summed E-state index contributed by atoms with van der Waals surface area (Å²) in [5, 5.41) is 2.59. The van der Waals surface area contributed by atoms with Crippen LogP contribution in [0, 0.1) is 5.95 Å². The van der Waals surface area contributed by atoms with Crippen molar-refractivity contribution < 1.29 is 18.7 Å². The largest absolute Gasteiger partial charge is 0.493 e. The first-order valence-electron chi connectivity index (χ1n) is 6.38. The summed E-state index contributed by atoms with van der Waals surface area (Å²) in [5.41, 5.74) is 0.355. The summed E-state index contributed by atoms with van der Waals surface area (Å²) in [5.74, 6) is -0.327. The number of nitrogens with zero attached hydrogens (tertiary/aromatic N) is 1. The first-order valence-corrected chi connectivity index (χ1v) is 6.38. The number of nitrogens with one attached hydrogen (secondary N) is 1. The number of methoxy groups -OCH3 is 1. The Balaban J connectivity index is 2.20. The number of carbonyl (C=O) groups excluding carboxylic acids is 1. The third-order valence-corrected chi connectivity index (χ3v) is 2.73. The van der Waals surface area contributed by atoms with E-state index in [0.29, 0.717) is 23.8 Å². The average molecular weight is 290 g/mol. The van der Waals surface area contributed by atoms with E-state index in [-0.39, 0.29) is 5.56 Å². The normalized spacial score (nSPS) is 10.0. The van der Waals surface area contributed by atoms with Crippen LogP contribution >= 0.6 is 0 Å². The molecule has 1 aromatic carbocycles. The molecule has 0 unspecified atom stereocenters. The molecular formula is C15H15FN2O3. The Morgan fingerprint density at radius 1 is 1.33 bits per heavy atom. The van der Waals surface area contributed by atoms with Crippen molar-refractivity contribution in [2.24, 2.45) is 0 Å². The molecule has 0 aliphatic rings. The number of halogens is 1. The third-order valence-electron chi connectivity index (χ3n) is 2.73. The fourth-order valence-electron chi connectivity index (χ4n) is 1.77. The SMILES string of the molecule is CCOc1ccc(NC(=O)c2cccnc2F)cc1OC. The maximum absolute atomic E-state index is 13.4. The molecule has 0 aliphatic carbocycles. The topological polar surface area (TPSA) is 60.5 Å². The van der Waals surface area contributed by atoms with Gasteiger partial charge in [-0.05, 0) is 31.2 Å². The van der Waals surface area contributed by atoms with Crippen LogP contribution in [-0.2, 0) is 0 Å². The van der Waals surface area contributed by atoms with Gasteiger partial charge in [-0.2, -0.15) is 4.39 Å². The quantitative estimate of drug-likeness (QED) is 0.860. The van der Waals surface area contributed by atoms with Crippen molar-refractivity contribution in [1.29, 1.82) is 0 Å². The second-order valence-electron chi connectivity index (χ2n) is 4.09. The molecule has 2 aromatic rings. The van der Waals surface area contributed by atoms with Gasteiger partial charge >= 0.3 is 0 Å². The third kappa shape index (κ3) is 3.47. The molecule has 0 aliphatic heterocycles. The van der Waals surface area contributed by atoms with Crippen molar-refractivity contribution >= 4 is 11.6 Å². The fraction of sp³-hybridized carbons (Fsp3) is 0.200. The standard InChI is InChI=1S/C15H15FN2O3/c1-3-21-12-7-6-10(9-13(12)20-2)18-15(19)11-5-4-8-17-14(11)16/h4-9H,3H2,1-2H3,(H,18,19). The number of pyridine rings is 1. The number of hydrogen-bond acceptors (Lipinski definition) is 4. The Hall–Kier alpha value is -2.63. The van der Waals surface area contributed by atoms with Gasteiger partial charge in [0.2, 0.25) is 5.95 Å². The minimum atomic E-state index is -0.812. The molecule has 1 amide bonds. The van der Waals surface area contributed by atoms with Gasteiger partial charge in [-0.3, -0.25) is 4.79 Å². The number of aromatic nitrogens is 1. The molecule has 110 valence electrons. The molecule has 1 heterocycles. The molecule has 0 radical (unpaired) electrons. The lowest BCUT2D eigenvalue weighted by Crippen LogP contribution is -2.14. The van der Waals surface area contributed by atoms with E-state index in [1.165, 1.54) is 25.4 Å². The van der Waals surface area contributed by atoms with Gasteiger partial charge in [0.05, 0.1) is 19.3 Å². The number of rotatable bonds is 5. The molecule has 6 heteroatoms. The van der Waals surface area contributed by atoms with Crippen molar-refractivity contribution in [3.8, 4) is 11.5 Å². The average Bonchev–Trinajstić information content (AvgIpc) is 2.49. The predicted octanol–water partition coefficient (Wildman–Crippen LogP) is 2.88. The smallest absolute Gasteiger partial charge is 0.260 e. The molecule has 1 N–H and O–H groups in total. The second-order valence-corrected chi connectivity index (χ2v) is 4.09. The minimum absolute atomic E-state index is 0.120. The molecule has 0 bridgehead atoms. The molecule has 5 nitrogen and oxygen atoms in total. The number of benzene rings is 1. The van der Waals surface area contributed by atoms with Crippen LogP contribution < -0.4 is 14.8 Å². The van der Waals surface area contributed by atoms with Crippen molar-refractivity contribution in [1.82, 2.24) is 4.98 Å². The predicted molar refractivity (Wildman–Crippen MR) is 76.3 cm³/mol. The highest BCUT2D eigenvalue weighted by molar-refractivity contribution is 6.04. The van der Waals surface area contributed by atoms with Crippen LogP contribution in [0.3, 0.4) is 0 Å². The Kier molecular flexibility index (Phi) is 4.71. The number of ether oxygens (including phenoxy) is 2. The summed E-state index contributed by atoms with van der Waals surface area (Å²) in [7, 11) is 1.50. The first kappa shape index (κ1) is 14.8. The Morgan fingerprint density at radius 2 is 2.14 bits per heavy atom. The van der Waals surface area contributed by atoms with Crippen molar-refractivity contribution in [3.05, 3.63) is 48.0 Å². The van der Waals surface area contributed by atoms with Crippen molar-refractivity contribution in [2.45, 2.75) is 6.92 Å².